The Morgan fingerprint density at radius 3 is 2.67 bits per heavy atom. The van der Waals surface area contributed by atoms with Crippen molar-refractivity contribution >= 4 is 11.7 Å². The Balaban J connectivity index is 2.55. The van der Waals surface area contributed by atoms with Crippen molar-refractivity contribution in [2.75, 3.05) is 13.2 Å². The Morgan fingerprint density at radius 1 is 1.56 bits per heavy atom. The summed E-state index contributed by atoms with van der Waals surface area (Å²) < 4.78 is 5.11. The Hall–Kier alpha value is -0.940. The first-order chi connectivity index (χ1) is 8.20. The van der Waals surface area contributed by atoms with Crippen LogP contribution in [-0.2, 0) is 14.3 Å². The zero-order valence-electron chi connectivity index (χ0n) is 11.7. The fourth-order valence-corrected chi connectivity index (χ4v) is 2.08. The topological polar surface area (TPSA) is 81.4 Å². The fraction of sp³-hybridized carbons (Fsp3) is 0.846. The standard InChI is InChI=1S/C13H24N2O3/c1-8-6-18-7-10(16)11(8)15-12(17)9(14)5-13(2,3)4/h8-9,11H,5-7,14H2,1-4H3,(H,15,17)/t8?,9-,11?/m0/s1. The maximum Gasteiger partial charge on any atom is 0.237 e. The minimum Gasteiger partial charge on any atom is -0.373 e. The molecule has 2 unspecified atom stereocenters. The van der Waals surface area contributed by atoms with Gasteiger partial charge in [-0.1, -0.05) is 27.7 Å². The molecule has 0 aliphatic carbocycles. The van der Waals surface area contributed by atoms with Gasteiger partial charge in [0.2, 0.25) is 5.91 Å². The monoisotopic (exact) mass is 256 g/mol. The molecule has 1 heterocycles. The third-order valence-corrected chi connectivity index (χ3v) is 3.01. The van der Waals surface area contributed by atoms with Gasteiger partial charge in [-0.3, -0.25) is 9.59 Å². The van der Waals surface area contributed by atoms with Gasteiger partial charge in [-0.15, -0.1) is 0 Å². The largest absolute Gasteiger partial charge is 0.373 e. The van der Waals surface area contributed by atoms with Gasteiger partial charge in [0, 0.05) is 5.92 Å². The number of nitrogens with two attached hydrogens (primary N) is 1. The molecule has 0 aromatic carbocycles. The van der Waals surface area contributed by atoms with E-state index in [1.807, 2.05) is 27.7 Å². The van der Waals surface area contributed by atoms with E-state index in [1.165, 1.54) is 0 Å². The minimum absolute atomic E-state index is 0.00274. The van der Waals surface area contributed by atoms with Crippen molar-refractivity contribution in [3.05, 3.63) is 0 Å². The molecule has 5 nitrogen and oxygen atoms in total. The molecule has 3 N–H and O–H groups in total. The molecule has 1 amide bonds. The predicted molar refractivity (Wildman–Crippen MR) is 69.0 cm³/mol. The lowest BCUT2D eigenvalue weighted by atomic mass is 9.87. The van der Waals surface area contributed by atoms with Gasteiger partial charge >= 0.3 is 0 Å². The first kappa shape index (κ1) is 15.1. The van der Waals surface area contributed by atoms with E-state index >= 15 is 0 Å². The van der Waals surface area contributed by atoms with Crippen molar-refractivity contribution in [3.8, 4) is 0 Å². The average Bonchev–Trinajstić information content (AvgIpc) is 2.21. The van der Waals surface area contributed by atoms with E-state index in [0.29, 0.717) is 13.0 Å². The fourth-order valence-electron chi connectivity index (χ4n) is 2.08. The van der Waals surface area contributed by atoms with E-state index in [4.69, 9.17) is 10.5 Å². The van der Waals surface area contributed by atoms with E-state index in [1.54, 1.807) is 0 Å². The second-order valence-electron chi connectivity index (χ2n) is 6.32. The van der Waals surface area contributed by atoms with Gasteiger partial charge in [0.25, 0.3) is 0 Å². The van der Waals surface area contributed by atoms with Crippen LogP contribution in [0.5, 0.6) is 0 Å². The molecule has 3 atom stereocenters. The van der Waals surface area contributed by atoms with Crippen LogP contribution in [0.2, 0.25) is 0 Å². The number of ether oxygens (including phenoxy) is 1. The van der Waals surface area contributed by atoms with Crippen LogP contribution in [0.25, 0.3) is 0 Å². The molecule has 5 heteroatoms. The molecule has 1 aliphatic rings. The second kappa shape index (κ2) is 5.80. The zero-order chi connectivity index (χ0) is 13.9. The lowest BCUT2D eigenvalue weighted by molar-refractivity contribution is -0.137. The van der Waals surface area contributed by atoms with Gasteiger partial charge < -0.3 is 15.8 Å². The number of ketones is 1. The van der Waals surface area contributed by atoms with Gasteiger partial charge in [-0.05, 0) is 11.8 Å². The molecule has 0 aromatic heterocycles. The summed E-state index contributed by atoms with van der Waals surface area (Å²) in [6, 6.07) is -1.04. The number of Topliss-reactive ketones (excluding diaryl/α,β-unsaturated/α-hetero) is 1. The molecular formula is C13H24N2O3. The van der Waals surface area contributed by atoms with Gasteiger partial charge in [0.1, 0.15) is 6.61 Å². The summed E-state index contributed by atoms with van der Waals surface area (Å²) in [5.41, 5.74) is 5.84. The molecule has 18 heavy (non-hydrogen) atoms. The molecule has 1 saturated heterocycles. The summed E-state index contributed by atoms with van der Waals surface area (Å²) in [5, 5.41) is 2.75. The normalized spacial score (nSPS) is 26.8. The predicted octanol–water partition coefficient (Wildman–Crippen LogP) is 0.470. The van der Waals surface area contributed by atoms with Crippen molar-refractivity contribution in [2.45, 2.75) is 46.2 Å². The molecule has 0 aromatic rings. The molecule has 1 fully saturated rings. The summed E-state index contributed by atoms with van der Waals surface area (Å²) in [5.74, 6) is -0.334. The molecular weight excluding hydrogens is 232 g/mol. The summed E-state index contributed by atoms with van der Waals surface area (Å²) in [4.78, 5) is 23.6. The van der Waals surface area contributed by atoms with Crippen LogP contribution >= 0.6 is 0 Å². The second-order valence-corrected chi connectivity index (χ2v) is 6.32. The molecule has 1 aliphatic heterocycles. The van der Waals surface area contributed by atoms with Crippen LogP contribution in [-0.4, -0.2) is 37.0 Å². The van der Waals surface area contributed by atoms with Crippen LogP contribution in [0.15, 0.2) is 0 Å². The van der Waals surface area contributed by atoms with Crippen LogP contribution < -0.4 is 11.1 Å². The number of carbonyl (C=O) groups excluding carboxylic acids is 2. The number of amides is 1. The van der Waals surface area contributed by atoms with Crippen molar-refractivity contribution in [1.29, 1.82) is 0 Å². The number of rotatable bonds is 3. The summed E-state index contributed by atoms with van der Waals surface area (Å²) in [6.45, 7) is 8.54. The molecule has 1 rings (SSSR count). The number of hydrogen-bond donors (Lipinski definition) is 2. The van der Waals surface area contributed by atoms with Crippen molar-refractivity contribution in [2.24, 2.45) is 17.1 Å². The Morgan fingerprint density at radius 2 is 2.17 bits per heavy atom. The highest BCUT2D eigenvalue weighted by molar-refractivity contribution is 5.92. The third kappa shape index (κ3) is 4.38. The first-order valence-corrected chi connectivity index (χ1v) is 6.37. The Labute approximate surface area is 108 Å². The van der Waals surface area contributed by atoms with Crippen LogP contribution in [0.4, 0.5) is 0 Å². The van der Waals surface area contributed by atoms with Gasteiger partial charge in [0.15, 0.2) is 5.78 Å². The van der Waals surface area contributed by atoms with Crippen LogP contribution in [0, 0.1) is 11.3 Å². The van der Waals surface area contributed by atoms with Gasteiger partial charge in [-0.2, -0.15) is 0 Å². The molecule has 0 spiro atoms. The highest BCUT2D eigenvalue weighted by atomic mass is 16.5. The highest BCUT2D eigenvalue weighted by Gasteiger charge is 2.32. The summed E-state index contributed by atoms with van der Waals surface area (Å²) in [6.07, 6.45) is 0.588. The van der Waals surface area contributed by atoms with Gasteiger partial charge in [-0.25, -0.2) is 0 Å². The average molecular weight is 256 g/mol. The van der Waals surface area contributed by atoms with Crippen molar-refractivity contribution in [1.82, 2.24) is 5.32 Å². The lowest BCUT2D eigenvalue weighted by Crippen LogP contribution is -2.55. The van der Waals surface area contributed by atoms with Crippen LogP contribution in [0.1, 0.15) is 34.1 Å². The maximum absolute atomic E-state index is 12.0. The SMILES string of the molecule is CC1COCC(=O)C1NC(=O)[C@@H](N)CC(C)(C)C. The summed E-state index contributed by atoms with van der Waals surface area (Å²) >= 11 is 0. The Bertz CT molecular complexity index is 323. The number of hydrogen-bond acceptors (Lipinski definition) is 4. The molecule has 0 saturated carbocycles. The number of nitrogens with one attached hydrogen (secondary N) is 1. The van der Waals surface area contributed by atoms with E-state index in [2.05, 4.69) is 5.32 Å². The first-order valence-electron chi connectivity index (χ1n) is 6.37. The minimum atomic E-state index is -0.576. The maximum atomic E-state index is 12.0. The quantitative estimate of drug-likeness (QED) is 0.769. The smallest absolute Gasteiger partial charge is 0.237 e. The molecule has 0 bridgehead atoms. The van der Waals surface area contributed by atoms with Crippen molar-refractivity contribution in [3.63, 3.8) is 0 Å². The van der Waals surface area contributed by atoms with Crippen LogP contribution in [0.3, 0.4) is 0 Å². The van der Waals surface area contributed by atoms with Gasteiger partial charge in [0.05, 0.1) is 18.7 Å². The third-order valence-electron chi connectivity index (χ3n) is 3.01. The lowest BCUT2D eigenvalue weighted by Gasteiger charge is -2.30. The van der Waals surface area contributed by atoms with E-state index in [9.17, 15) is 9.59 Å². The molecule has 0 radical (unpaired) electrons. The highest BCUT2D eigenvalue weighted by Crippen LogP contribution is 2.20. The number of carbonyl (C=O) groups is 2. The molecule has 104 valence electrons. The van der Waals surface area contributed by atoms with Crippen molar-refractivity contribution < 1.29 is 14.3 Å². The van der Waals surface area contributed by atoms with E-state index in [0.717, 1.165) is 0 Å². The van der Waals surface area contributed by atoms with E-state index < -0.39 is 12.1 Å². The summed E-state index contributed by atoms with van der Waals surface area (Å²) in [7, 11) is 0. The van der Waals surface area contributed by atoms with E-state index in [-0.39, 0.29) is 29.6 Å². The Kier molecular flexibility index (Phi) is 4.87. The zero-order valence-corrected chi connectivity index (χ0v) is 11.7.